The van der Waals surface area contributed by atoms with Crippen LogP contribution >= 0.6 is 11.6 Å². The standard InChI is InChI=1S/C15H15ClN2O3/c1-8-12(9(2)21-18-8)7-14(19)17-13-6-11(16)5-10-3-4-20-15(10)13/h5-6H,3-4,7H2,1-2H3,(H,17,19). The van der Waals surface area contributed by atoms with Crippen molar-refractivity contribution in [2.75, 3.05) is 11.9 Å². The van der Waals surface area contributed by atoms with Crippen molar-refractivity contribution >= 4 is 23.2 Å². The number of aryl methyl sites for hydroxylation is 2. The van der Waals surface area contributed by atoms with Gasteiger partial charge in [-0.25, -0.2) is 0 Å². The van der Waals surface area contributed by atoms with E-state index in [1.807, 2.05) is 13.0 Å². The summed E-state index contributed by atoms with van der Waals surface area (Å²) in [5.41, 5.74) is 3.18. The average molecular weight is 307 g/mol. The number of hydrogen-bond donors (Lipinski definition) is 1. The van der Waals surface area contributed by atoms with Crippen LogP contribution in [0.1, 0.15) is 22.6 Å². The van der Waals surface area contributed by atoms with E-state index in [2.05, 4.69) is 10.5 Å². The van der Waals surface area contributed by atoms with Crippen molar-refractivity contribution in [3.63, 3.8) is 0 Å². The Labute approximate surface area is 127 Å². The summed E-state index contributed by atoms with van der Waals surface area (Å²) in [4.78, 5) is 12.2. The Morgan fingerprint density at radius 2 is 2.24 bits per heavy atom. The lowest BCUT2D eigenvalue weighted by Gasteiger charge is -2.10. The summed E-state index contributed by atoms with van der Waals surface area (Å²) >= 11 is 6.07. The number of aromatic nitrogens is 1. The number of rotatable bonds is 3. The number of halogens is 1. The number of carbonyl (C=O) groups is 1. The van der Waals surface area contributed by atoms with Crippen LogP contribution in [0.3, 0.4) is 0 Å². The Bertz CT molecular complexity index is 690. The number of nitrogens with zero attached hydrogens (tertiary/aromatic N) is 1. The maximum Gasteiger partial charge on any atom is 0.229 e. The van der Waals surface area contributed by atoms with Crippen LogP contribution in [0.5, 0.6) is 5.75 Å². The van der Waals surface area contributed by atoms with Crippen LogP contribution in [0.25, 0.3) is 0 Å². The van der Waals surface area contributed by atoms with Crippen molar-refractivity contribution in [1.82, 2.24) is 5.16 Å². The van der Waals surface area contributed by atoms with E-state index in [1.54, 1.807) is 13.0 Å². The van der Waals surface area contributed by atoms with Gasteiger partial charge >= 0.3 is 0 Å². The van der Waals surface area contributed by atoms with E-state index in [9.17, 15) is 4.79 Å². The van der Waals surface area contributed by atoms with E-state index in [1.165, 1.54) is 0 Å². The zero-order chi connectivity index (χ0) is 15.0. The zero-order valence-electron chi connectivity index (χ0n) is 11.8. The van der Waals surface area contributed by atoms with Crippen LogP contribution in [0, 0.1) is 13.8 Å². The molecule has 0 spiro atoms. The molecule has 0 saturated heterocycles. The normalized spacial score (nSPS) is 12.9. The summed E-state index contributed by atoms with van der Waals surface area (Å²) in [6.07, 6.45) is 1.02. The van der Waals surface area contributed by atoms with Crippen molar-refractivity contribution in [2.45, 2.75) is 26.7 Å². The zero-order valence-corrected chi connectivity index (χ0v) is 12.6. The fourth-order valence-corrected chi connectivity index (χ4v) is 2.71. The van der Waals surface area contributed by atoms with Gasteiger partial charge in [0.15, 0.2) is 0 Å². The molecule has 1 aliphatic heterocycles. The molecule has 1 aliphatic rings. The predicted molar refractivity (Wildman–Crippen MR) is 79.0 cm³/mol. The van der Waals surface area contributed by atoms with Crippen LogP contribution in [0.2, 0.25) is 5.02 Å². The number of carbonyl (C=O) groups excluding carboxylic acids is 1. The molecule has 0 fully saturated rings. The largest absolute Gasteiger partial charge is 0.491 e. The molecule has 3 rings (SSSR count). The second-order valence-corrected chi connectivity index (χ2v) is 5.50. The number of ether oxygens (including phenoxy) is 1. The number of anilines is 1. The summed E-state index contributed by atoms with van der Waals surface area (Å²) in [7, 11) is 0. The van der Waals surface area contributed by atoms with Gasteiger partial charge in [-0.2, -0.15) is 0 Å². The van der Waals surface area contributed by atoms with Gasteiger partial charge in [0.25, 0.3) is 0 Å². The number of nitrogens with one attached hydrogen (secondary N) is 1. The number of amides is 1. The third-order valence-electron chi connectivity index (χ3n) is 3.54. The Hall–Kier alpha value is -2.01. The highest BCUT2D eigenvalue weighted by atomic mass is 35.5. The highest BCUT2D eigenvalue weighted by Crippen LogP contribution is 2.36. The van der Waals surface area contributed by atoms with Gasteiger partial charge in [-0.3, -0.25) is 4.79 Å². The summed E-state index contributed by atoms with van der Waals surface area (Å²) in [6, 6.07) is 3.57. The highest BCUT2D eigenvalue weighted by Gasteiger charge is 2.20. The Balaban J connectivity index is 1.80. The van der Waals surface area contributed by atoms with E-state index in [-0.39, 0.29) is 12.3 Å². The average Bonchev–Trinajstić information content (AvgIpc) is 3.00. The van der Waals surface area contributed by atoms with Gasteiger partial charge in [0.2, 0.25) is 5.91 Å². The topological polar surface area (TPSA) is 64.4 Å². The van der Waals surface area contributed by atoms with Crippen molar-refractivity contribution < 1.29 is 14.1 Å². The maximum atomic E-state index is 12.2. The fraction of sp³-hybridized carbons (Fsp3) is 0.333. The van der Waals surface area contributed by atoms with Crippen LogP contribution < -0.4 is 10.1 Å². The highest BCUT2D eigenvalue weighted by molar-refractivity contribution is 6.31. The van der Waals surface area contributed by atoms with E-state index in [0.717, 1.165) is 23.2 Å². The van der Waals surface area contributed by atoms with Crippen molar-refractivity contribution in [3.8, 4) is 5.75 Å². The Kier molecular flexibility index (Phi) is 3.59. The Morgan fingerprint density at radius 1 is 1.43 bits per heavy atom. The van der Waals surface area contributed by atoms with E-state index < -0.39 is 0 Å². The van der Waals surface area contributed by atoms with Gasteiger partial charge in [-0.05, 0) is 26.0 Å². The maximum absolute atomic E-state index is 12.2. The minimum absolute atomic E-state index is 0.149. The molecule has 1 N–H and O–H groups in total. The monoisotopic (exact) mass is 306 g/mol. The fourth-order valence-electron chi connectivity index (χ4n) is 2.47. The van der Waals surface area contributed by atoms with Crippen LogP contribution in [0.15, 0.2) is 16.7 Å². The molecule has 21 heavy (non-hydrogen) atoms. The van der Waals surface area contributed by atoms with Crippen molar-refractivity contribution in [2.24, 2.45) is 0 Å². The molecule has 2 aromatic rings. The van der Waals surface area contributed by atoms with Crippen LogP contribution in [-0.4, -0.2) is 17.7 Å². The predicted octanol–water partition coefficient (Wildman–Crippen LogP) is 3.06. The van der Waals surface area contributed by atoms with Crippen molar-refractivity contribution in [3.05, 3.63) is 39.7 Å². The second-order valence-electron chi connectivity index (χ2n) is 5.07. The molecular weight excluding hydrogens is 292 g/mol. The van der Waals surface area contributed by atoms with E-state index in [4.69, 9.17) is 20.9 Å². The first-order chi connectivity index (χ1) is 10.0. The first kappa shape index (κ1) is 13.9. The lowest BCUT2D eigenvalue weighted by molar-refractivity contribution is -0.115. The first-order valence-corrected chi connectivity index (χ1v) is 7.09. The summed E-state index contributed by atoms with van der Waals surface area (Å²) in [5, 5.41) is 7.30. The van der Waals surface area contributed by atoms with Gasteiger partial charge < -0.3 is 14.6 Å². The van der Waals surface area contributed by atoms with Crippen LogP contribution in [-0.2, 0) is 17.6 Å². The molecule has 1 aromatic carbocycles. The number of hydrogen-bond acceptors (Lipinski definition) is 4. The number of benzene rings is 1. The van der Waals surface area contributed by atoms with Gasteiger partial charge in [0, 0.05) is 22.6 Å². The summed E-state index contributed by atoms with van der Waals surface area (Å²) in [6.45, 7) is 4.23. The number of fused-ring (bicyclic) bond motifs is 1. The smallest absolute Gasteiger partial charge is 0.229 e. The molecule has 0 radical (unpaired) electrons. The minimum atomic E-state index is -0.149. The van der Waals surface area contributed by atoms with Crippen LogP contribution in [0.4, 0.5) is 5.69 Å². The lowest BCUT2D eigenvalue weighted by atomic mass is 10.1. The molecule has 1 aromatic heterocycles. The van der Waals surface area contributed by atoms with Gasteiger partial charge in [-0.1, -0.05) is 16.8 Å². The Morgan fingerprint density at radius 3 is 2.95 bits per heavy atom. The van der Waals surface area contributed by atoms with Gasteiger partial charge in [0.1, 0.15) is 11.5 Å². The molecule has 0 bridgehead atoms. The molecule has 2 heterocycles. The molecule has 5 nitrogen and oxygen atoms in total. The van der Waals surface area contributed by atoms with Crippen molar-refractivity contribution in [1.29, 1.82) is 0 Å². The van der Waals surface area contributed by atoms with Gasteiger partial charge in [-0.15, -0.1) is 0 Å². The third-order valence-corrected chi connectivity index (χ3v) is 3.76. The SMILES string of the molecule is Cc1noc(C)c1CC(=O)Nc1cc(Cl)cc2c1OCC2. The molecule has 0 aliphatic carbocycles. The lowest BCUT2D eigenvalue weighted by Crippen LogP contribution is -2.15. The first-order valence-electron chi connectivity index (χ1n) is 6.71. The quantitative estimate of drug-likeness (QED) is 0.946. The van der Waals surface area contributed by atoms with E-state index in [0.29, 0.717) is 28.8 Å². The molecule has 0 saturated carbocycles. The molecule has 0 unspecified atom stereocenters. The second kappa shape index (κ2) is 5.41. The molecular formula is C15H15ClN2O3. The van der Waals surface area contributed by atoms with Gasteiger partial charge in [0.05, 0.1) is 24.4 Å². The summed E-state index contributed by atoms with van der Waals surface area (Å²) in [5.74, 6) is 1.23. The summed E-state index contributed by atoms with van der Waals surface area (Å²) < 4.78 is 10.6. The molecule has 1 amide bonds. The minimum Gasteiger partial charge on any atom is -0.491 e. The van der Waals surface area contributed by atoms with E-state index >= 15 is 0 Å². The molecule has 0 atom stereocenters. The molecule has 110 valence electrons. The third kappa shape index (κ3) is 2.74. The molecule has 6 heteroatoms.